The molecule has 1 aliphatic carbocycles. The Morgan fingerprint density at radius 3 is 2.53 bits per heavy atom. The molecule has 0 saturated carbocycles. The number of benzene rings is 1. The number of hydrogen-bond acceptors (Lipinski definition) is 5. The van der Waals surface area contributed by atoms with Gasteiger partial charge in [-0.25, -0.2) is 5.43 Å². The second-order valence-electron chi connectivity index (χ2n) is 6.90. The number of pyridine rings is 1. The first-order valence-electron chi connectivity index (χ1n) is 9.49. The zero-order valence-electron chi connectivity index (χ0n) is 16.2. The molecule has 2 amide bonds. The fourth-order valence-corrected chi connectivity index (χ4v) is 3.67. The van der Waals surface area contributed by atoms with E-state index < -0.39 is 0 Å². The van der Waals surface area contributed by atoms with Crippen molar-refractivity contribution in [1.29, 1.82) is 0 Å². The summed E-state index contributed by atoms with van der Waals surface area (Å²) in [5.74, 6) is 0.353. The van der Waals surface area contributed by atoms with E-state index >= 15 is 0 Å². The van der Waals surface area contributed by atoms with Crippen molar-refractivity contribution < 1.29 is 14.0 Å². The number of fused-ring (bicyclic) bond motifs is 1. The number of anilines is 1. The first kappa shape index (κ1) is 20.0. The Balaban J connectivity index is 1.56. The summed E-state index contributed by atoms with van der Waals surface area (Å²) in [5, 5.41) is 7.16. The highest BCUT2D eigenvalue weighted by Crippen LogP contribution is 2.30. The van der Waals surface area contributed by atoms with E-state index in [1.165, 1.54) is 0 Å². The highest BCUT2D eigenvalue weighted by atomic mass is 79.9. The van der Waals surface area contributed by atoms with Gasteiger partial charge in [-0.1, -0.05) is 15.9 Å². The number of carbonyl (C=O) groups excluding carboxylic acids is 2. The average Bonchev–Trinajstić information content (AvgIpc) is 3.10. The van der Waals surface area contributed by atoms with E-state index in [2.05, 4.69) is 36.8 Å². The molecule has 0 atom stereocenters. The monoisotopic (exact) mass is 466 g/mol. The molecule has 3 aromatic rings. The number of hydrazone groups is 1. The molecular formula is C22H19BrN4O3. The van der Waals surface area contributed by atoms with Crippen LogP contribution in [0.5, 0.6) is 0 Å². The lowest BCUT2D eigenvalue weighted by molar-refractivity contribution is 0.0953. The number of hydrogen-bond donors (Lipinski definition) is 2. The number of nitrogens with one attached hydrogen (secondary N) is 2. The molecule has 152 valence electrons. The SMILES string of the molecule is Cc1c(C(=O)Nc2ccncc2)oc2c1/C(=N/NC(=O)c1ccc(Br)cc1)CCC2. The molecule has 0 saturated heterocycles. The standard InChI is InChI=1S/C22H19BrN4O3/c1-13-19-17(26-27-21(28)14-5-7-15(23)8-6-14)3-2-4-18(19)30-20(13)22(29)25-16-9-11-24-12-10-16/h5-12H,2-4H2,1H3,(H,27,28)(H,24,25,29)/b26-17+. The number of aryl methyl sites for hydroxylation is 1. The van der Waals surface area contributed by atoms with Crippen LogP contribution >= 0.6 is 15.9 Å². The van der Waals surface area contributed by atoms with Gasteiger partial charge < -0.3 is 9.73 Å². The quantitative estimate of drug-likeness (QED) is 0.554. The molecule has 1 aliphatic rings. The third-order valence-corrected chi connectivity index (χ3v) is 5.40. The van der Waals surface area contributed by atoms with Crippen LogP contribution in [0.15, 0.2) is 62.8 Å². The molecule has 30 heavy (non-hydrogen) atoms. The summed E-state index contributed by atoms with van der Waals surface area (Å²) in [6.07, 6.45) is 5.46. The maximum Gasteiger partial charge on any atom is 0.291 e. The van der Waals surface area contributed by atoms with Gasteiger partial charge in [-0.15, -0.1) is 0 Å². The summed E-state index contributed by atoms with van der Waals surface area (Å²) in [5.41, 5.74) is 6.00. The molecule has 1 aromatic carbocycles. The smallest absolute Gasteiger partial charge is 0.291 e. The second-order valence-corrected chi connectivity index (χ2v) is 7.82. The maximum absolute atomic E-state index is 12.7. The van der Waals surface area contributed by atoms with Crippen molar-refractivity contribution >= 4 is 39.1 Å². The Hall–Kier alpha value is -3.26. The van der Waals surface area contributed by atoms with Gasteiger partial charge in [0.2, 0.25) is 0 Å². The Kier molecular flexibility index (Phi) is 5.76. The van der Waals surface area contributed by atoms with Gasteiger partial charge >= 0.3 is 0 Å². The molecule has 0 unspecified atom stereocenters. The van der Waals surface area contributed by atoms with E-state index in [4.69, 9.17) is 4.42 Å². The van der Waals surface area contributed by atoms with Crippen LogP contribution in [-0.2, 0) is 6.42 Å². The molecule has 2 heterocycles. The van der Waals surface area contributed by atoms with Crippen LogP contribution in [-0.4, -0.2) is 22.5 Å². The minimum atomic E-state index is -0.327. The molecule has 0 fully saturated rings. The Labute approximate surface area is 181 Å². The van der Waals surface area contributed by atoms with Crippen molar-refractivity contribution in [3.63, 3.8) is 0 Å². The molecule has 8 heteroatoms. The van der Waals surface area contributed by atoms with Crippen LogP contribution in [0.4, 0.5) is 5.69 Å². The van der Waals surface area contributed by atoms with Crippen LogP contribution in [0.2, 0.25) is 0 Å². The topological polar surface area (TPSA) is 96.6 Å². The number of nitrogens with zero attached hydrogens (tertiary/aromatic N) is 2. The first-order valence-corrected chi connectivity index (χ1v) is 10.3. The van der Waals surface area contributed by atoms with Gasteiger partial charge in [-0.2, -0.15) is 5.10 Å². The van der Waals surface area contributed by atoms with E-state index in [0.29, 0.717) is 28.9 Å². The zero-order chi connectivity index (χ0) is 21.1. The Morgan fingerprint density at radius 2 is 1.80 bits per heavy atom. The highest BCUT2D eigenvalue weighted by Gasteiger charge is 2.28. The summed E-state index contributed by atoms with van der Waals surface area (Å²) in [4.78, 5) is 29.0. The van der Waals surface area contributed by atoms with E-state index in [-0.39, 0.29) is 17.6 Å². The molecule has 2 aromatic heterocycles. The van der Waals surface area contributed by atoms with Crippen LogP contribution in [0.3, 0.4) is 0 Å². The van der Waals surface area contributed by atoms with Crippen molar-refractivity contribution in [3.05, 3.63) is 81.5 Å². The Morgan fingerprint density at radius 1 is 1.07 bits per heavy atom. The Bertz CT molecular complexity index is 1120. The molecule has 0 aliphatic heterocycles. The highest BCUT2D eigenvalue weighted by molar-refractivity contribution is 9.10. The fraction of sp³-hybridized carbons (Fsp3) is 0.182. The van der Waals surface area contributed by atoms with E-state index in [1.54, 1.807) is 48.8 Å². The van der Waals surface area contributed by atoms with Crippen LogP contribution in [0.1, 0.15) is 50.6 Å². The summed E-state index contributed by atoms with van der Waals surface area (Å²) >= 11 is 3.35. The van der Waals surface area contributed by atoms with Gasteiger partial charge in [0.1, 0.15) is 5.76 Å². The second kappa shape index (κ2) is 8.62. The van der Waals surface area contributed by atoms with Gasteiger partial charge in [0.25, 0.3) is 11.8 Å². The van der Waals surface area contributed by atoms with Gasteiger partial charge in [-0.05, 0) is 56.2 Å². The summed E-state index contributed by atoms with van der Waals surface area (Å²) in [6.45, 7) is 1.83. The summed E-state index contributed by atoms with van der Waals surface area (Å²) < 4.78 is 6.78. The van der Waals surface area contributed by atoms with Gasteiger partial charge in [-0.3, -0.25) is 14.6 Å². The largest absolute Gasteiger partial charge is 0.455 e. The lowest BCUT2D eigenvalue weighted by Crippen LogP contribution is -2.22. The predicted octanol–water partition coefficient (Wildman–Crippen LogP) is 4.47. The summed E-state index contributed by atoms with van der Waals surface area (Å²) in [7, 11) is 0. The number of carbonyl (C=O) groups is 2. The molecule has 0 radical (unpaired) electrons. The van der Waals surface area contributed by atoms with Crippen LogP contribution in [0.25, 0.3) is 0 Å². The molecule has 4 rings (SSSR count). The average molecular weight is 467 g/mol. The molecule has 0 spiro atoms. The number of halogens is 1. The van der Waals surface area contributed by atoms with E-state index in [0.717, 1.165) is 28.6 Å². The number of amides is 2. The van der Waals surface area contributed by atoms with Crippen molar-refractivity contribution in [1.82, 2.24) is 10.4 Å². The van der Waals surface area contributed by atoms with Crippen molar-refractivity contribution in [2.24, 2.45) is 5.10 Å². The van der Waals surface area contributed by atoms with Crippen molar-refractivity contribution in [3.8, 4) is 0 Å². The first-order chi connectivity index (χ1) is 14.5. The van der Waals surface area contributed by atoms with Gasteiger partial charge in [0.05, 0.1) is 5.71 Å². The summed E-state index contributed by atoms with van der Waals surface area (Å²) in [6, 6.07) is 10.5. The number of aromatic nitrogens is 1. The minimum Gasteiger partial charge on any atom is -0.455 e. The third-order valence-electron chi connectivity index (χ3n) is 4.87. The van der Waals surface area contributed by atoms with E-state index in [9.17, 15) is 9.59 Å². The molecule has 7 nitrogen and oxygen atoms in total. The number of furan rings is 1. The zero-order valence-corrected chi connectivity index (χ0v) is 17.8. The van der Waals surface area contributed by atoms with E-state index in [1.807, 2.05) is 6.92 Å². The molecule has 2 N–H and O–H groups in total. The lowest BCUT2D eigenvalue weighted by atomic mass is 9.93. The van der Waals surface area contributed by atoms with Crippen molar-refractivity contribution in [2.75, 3.05) is 5.32 Å². The van der Waals surface area contributed by atoms with Gasteiger partial charge in [0.15, 0.2) is 5.76 Å². The molecular weight excluding hydrogens is 448 g/mol. The van der Waals surface area contributed by atoms with Crippen molar-refractivity contribution in [2.45, 2.75) is 26.2 Å². The van der Waals surface area contributed by atoms with Gasteiger partial charge in [0, 0.05) is 45.7 Å². The maximum atomic E-state index is 12.7. The fourth-order valence-electron chi connectivity index (χ4n) is 3.40. The van der Waals surface area contributed by atoms with Crippen LogP contribution < -0.4 is 10.7 Å². The lowest BCUT2D eigenvalue weighted by Gasteiger charge is -2.13. The number of rotatable bonds is 4. The third kappa shape index (κ3) is 4.18. The minimum absolute atomic E-state index is 0.255. The predicted molar refractivity (Wildman–Crippen MR) is 117 cm³/mol. The normalized spacial score (nSPS) is 14.3. The van der Waals surface area contributed by atoms with Crippen LogP contribution in [0, 0.1) is 6.92 Å². The molecule has 0 bridgehead atoms.